The maximum atomic E-state index is 6.03. The molecule has 18 heavy (non-hydrogen) atoms. The predicted octanol–water partition coefficient (Wildman–Crippen LogP) is 4.61. The van der Waals surface area contributed by atoms with Gasteiger partial charge in [-0.1, -0.05) is 23.2 Å². The lowest BCUT2D eigenvalue weighted by molar-refractivity contribution is 0.481. The summed E-state index contributed by atoms with van der Waals surface area (Å²) >= 11 is 11.9. The van der Waals surface area contributed by atoms with Crippen molar-refractivity contribution in [1.29, 1.82) is 0 Å². The number of aromatic nitrogens is 1. The Labute approximate surface area is 116 Å². The van der Waals surface area contributed by atoms with Crippen molar-refractivity contribution in [3.8, 4) is 11.5 Å². The Bertz CT molecular complexity index is 546. The van der Waals surface area contributed by atoms with E-state index in [0.717, 1.165) is 12.2 Å². The highest BCUT2D eigenvalue weighted by Gasteiger charge is 2.05. The molecule has 0 unspecified atom stereocenters. The molecule has 1 aromatic heterocycles. The molecule has 0 fully saturated rings. The van der Waals surface area contributed by atoms with Crippen molar-refractivity contribution in [2.24, 2.45) is 0 Å². The van der Waals surface area contributed by atoms with Gasteiger partial charge in [0, 0.05) is 23.7 Å². The van der Waals surface area contributed by atoms with Crippen molar-refractivity contribution in [2.75, 3.05) is 11.9 Å². The van der Waals surface area contributed by atoms with Gasteiger partial charge in [-0.3, -0.25) is 4.98 Å². The molecule has 0 spiro atoms. The van der Waals surface area contributed by atoms with Crippen molar-refractivity contribution in [2.45, 2.75) is 6.92 Å². The summed E-state index contributed by atoms with van der Waals surface area (Å²) in [5, 5.41) is 4.24. The summed E-state index contributed by atoms with van der Waals surface area (Å²) < 4.78 is 5.66. The summed E-state index contributed by atoms with van der Waals surface area (Å²) in [6, 6.07) is 6.93. The molecule has 1 heterocycles. The summed E-state index contributed by atoms with van der Waals surface area (Å²) in [5.41, 5.74) is 0.896. The highest BCUT2D eigenvalue weighted by Crippen LogP contribution is 2.32. The first-order chi connectivity index (χ1) is 8.69. The van der Waals surface area contributed by atoms with Crippen LogP contribution in [0.5, 0.6) is 11.5 Å². The van der Waals surface area contributed by atoms with Gasteiger partial charge in [-0.05, 0) is 19.1 Å². The van der Waals surface area contributed by atoms with Crippen LogP contribution in [0.15, 0.2) is 36.7 Å². The molecule has 1 N–H and O–H groups in total. The Morgan fingerprint density at radius 3 is 2.83 bits per heavy atom. The van der Waals surface area contributed by atoms with E-state index >= 15 is 0 Å². The van der Waals surface area contributed by atoms with E-state index in [2.05, 4.69) is 10.3 Å². The molecule has 2 rings (SSSR count). The molecule has 0 aliphatic heterocycles. The third kappa shape index (κ3) is 3.28. The highest BCUT2D eigenvalue weighted by molar-refractivity contribution is 6.34. The van der Waals surface area contributed by atoms with Crippen LogP contribution in [0.1, 0.15) is 6.92 Å². The number of pyridine rings is 1. The first-order valence-electron chi connectivity index (χ1n) is 5.51. The van der Waals surface area contributed by atoms with E-state index in [9.17, 15) is 0 Å². The number of benzene rings is 1. The first kappa shape index (κ1) is 13.0. The Morgan fingerprint density at radius 2 is 2.06 bits per heavy atom. The summed E-state index contributed by atoms with van der Waals surface area (Å²) in [6.07, 6.45) is 3.36. The standard InChI is InChI=1S/C13H12Cl2N2O/c1-2-17-10-6-11(8-16-7-10)18-13-5-9(14)3-4-12(13)15/h3-8,17H,2H2,1H3. The van der Waals surface area contributed by atoms with Crippen molar-refractivity contribution in [3.63, 3.8) is 0 Å². The molecule has 0 saturated carbocycles. The Hall–Kier alpha value is -1.45. The molecule has 0 amide bonds. The predicted molar refractivity (Wildman–Crippen MR) is 74.9 cm³/mol. The van der Waals surface area contributed by atoms with Gasteiger partial charge < -0.3 is 10.1 Å². The monoisotopic (exact) mass is 282 g/mol. The van der Waals surface area contributed by atoms with Crippen molar-refractivity contribution < 1.29 is 4.74 Å². The molecule has 0 radical (unpaired) electrons. The van der Waals surface area contributed by atoms with Gasteiger partial charge in [0.15, 0.2) is 0 Å². The summed E-state index contributed by atoms with van der Waals surface area (Å²) in [7, 11) is 0. The summed E-state index contributed by atoms with van der Waals surface area (Å²) in [6.45, 7) is 2.84. The number of ether oxygens (including phenoxy) is 1. The Kier molecular flexibility index (Phi) is 4.28. The van der Waals surface area contributed by atoms with E-state index in [1.165, 1.54) is 0 Å². The maximum absolute atomic E-state index is 6.03. The molecule has 3 nitrogen and oxygen atoms in total. The second kappa shape index (κ2) is 5.94. The fourth-order valence-corrected chi connectivity index (χ4v) is 1.78. The zero-order chi connectivity index (χ0) is 13.0. The van der Waals surface area contributed by atoms with E-state index in [1.54, 1.807) is 30.6 Å². The van der Waals surface area contributed by atoms with Crippen LogP contribution in [-0.2, 0) is 0 Å². The number of anilines is 1. The Morgan fingerprint density at radius 1 is 1.22 bits per heavy atom. The fraction of sp³-hybridized carbons (Fsp3) is 0.154. The van der Waals surface area contributed by atoms with Gasteiger partial charge in [-0.25, -0.2) is 0 Å². The van der Waals surface area contributed by atoms with Crippen LogP contribution in [0.25, 0.3) is 0 Å². The molecule has 5 heteroatoms. The van der Waals surface area contributed by atoms with Gasteiger partial charge in [0.25, 0.3) is 0 Å². The number of hydrogen-bond donors (Lipinski definition) is 1. The molecule has 0 aliphatic carbocycles. The van der Waals surface area contributed by atoms with E-state index in [1.807, 2.05) is 13.0 Å². The molecular formula is C13H12Cl2N2O. The van der Waals surface area contributed by atoms with Crippen LogP contribution >= 0.6 is 23.2 Å². The van der Waals surface area contributed by atoms with Crippen LogP contribution in [0.2, 0.25) is 10.0 Å². The van der Waals surface area contributed by atoms with Crippen LogP contribution in [-0.4, -0.2) is 11.5 Å². The minimum absolute atomic E-state index is 0.508. The van der Waals surface area contributed by atoms with Gasteiger partial charge in [0.2, 0.25) is 0 Å². The molecule has 94 valence electrons. The number of nitrogens with one attached hydrogen (secondary N) is 1. The molecule has 0 aliphatic rings. The number of halogens is 2. The average molecular weight is 283 g/mol. The van der Waals surface area contributed by atoms with Gasteiger partial charge in [0.1, 0.15) is 11.5 Å². The molecule has 0 atom stereocenters. The topological polar surface area (TPSA) is 34.2 Å². The number of hydrogen-bond acceptors (Lipinski definition) is 3. The molecule has 0 bridgehead atoms. The van der Waals surface area contributed by atoms with E-state index in [-0.39, 0.29) is 0 Å². The Balaban J connectivity index is 2.22. The smallest absolute Gasteiger partial charge is 0.147 e. The van der Waals surface area contributed by atoms with Gasteiger partial charge in [-0.2, -0.15) is 0 Å². The fourth-order valence-electron chi connectivity index (χ4n) is 1.46. The third-order valence-electron chi connectivity index (χ3n) is 2.22. The second-order valence-corrected chi connectivity index (χ2v) is 4.46. The summed E-state index contributed by atoms with van der Waals surface area (Å²) in [4.78, 5) is 4.09. The van der Waals surface area contributed by atoms with Crippen molar-refractivity contribution in [3.05, 3.63) is 46.7 Å². The number of rotatable bonds is 4. The van der Waals surface area contributed by atoms with Crippen LogP contribution in [0.3, 0.4) is 0 Å². The maximum Gasteiger partial charge on any atom is 0.147 e. The quantitative estimate of drug-likeness (QED) is 0.889. The van der Waals surface area contributed by atoms with Gasteiger partial charge >= 0.3 is 0 Å². The number of nitrogens with zero attached hydrogens (tertiary/aromatic N) is 1. The van der Waals surface area contributed by atoms with E-state index in [4.69, 9.17) is 27.9 Å². The minimum atomic E-state index is 0.508. The second-order valence-electron chi connectivity index (χ2n) is 3.62. The lowest BCUT2D eigenvalue weighted by atomic mass is 10.3. The molecule has 2 aromatic rings. The van der Waals surface area contributed by atoms with Crippen molar-refractivity contribution in [1.82, 2.24) is 4.98 Å². The highest BCUT2D eigenvalue weighted by atomic mass is 35.5. The lowest BCUT2D eigenvalue weighted by Crippen LogP contribution is -1.97. The largest absolute Gasteiger partial charge is 0.454 e. The lowest BCUT2D eigenvalue weighted by Gasteiger charge is -2.09. The van der Waals surface area contributed by atoms with Crippen LogP contribution in [0, 0.1) is 0 Å². The van der Waals surface area contributed by atoms with E-state index < -0.39 is 0 Å². The van der Waals surface area contributed by atoms with Gasteiger partial charge in [0.05, 0.1) is 23.1 Å². The first-order valence-corrected chi connectivity index (χ1v) is 6.26. The van der Waals surface area contributed by atoms with Crippen LogP contribution in [0.4, 0.5) is 5.69 Å². The van der Waals surface area contributed by atoms with E-state index in [0.29, 0.717) is 21.5 Å². The molecular weight excluding hydrogens is 271 g/mol. The summed E-state index contributed by atoms with van der Waals surface area (Å²) in [5.74, 6) is 1.12. The zero-order valence-electron chi connectivity index (χ0n) is 9.78. The average Bonchev–Trinajstić information content (AvgIpc) is 2.35. The van der Waals surface area contributed by atoms with Gasteiger partial charge in [-0.15, -0.1) is 0 Å². The van der Waals surface area contributed by atoms with Crippen molar-refractivity contribution >= 4 is 28.9 Å². The zero-order valence-corrected chi connectivity index (χ0v) is 11.3. The molecule has 1 aromatic carbocycles. The normalized spacial score (nSPS) is 10.2. The van der Waals surface area contributed by atoms with Crippen LogP contribution < -0.4 is 10.1 Å². The SMILES string of the molecule is CCNc1cncc(Oc2cc(Cl)ccc2Cl)c1. The minimum Gasteiger partial charge on any atom is -0.454 e. The molecule has 0 saturated heterocycles. The third-order valence-corrected chi connectivity index (χ3v) is 2.76.